The molecule has 0 N–H and O–H groups in total. The largest absolute Gasteiger partial charge is 0.497 e. The van der Waals surface area contributed by atoms with Crippen LogP contribution < -0.4 is 25.1 Å². The molecule has 0 bridgehead atoms. The minimum Gasteiger partial charge on any atom is -0.497 e. The lowest BCUT2D eigenvalue weighted by molar-refractivity contribution is 0.289. The van der Waals surface area contributed by atoms with E-state index in [0.29, 0.717) is 28.5 Å². The highest BCUT2D eigenvalue weighted by molar-refractivity contribution is 7.15. The summed E-state index contributed by atoms with van der Waals surface area (Å²) in [5.41, 5.74) is 3.47. The smallest absolute Gasteiger partial charge is 0.296 e. The van der Waals surface area contributed by atoms with Crippen molar-refractivity contribution >= 4 is 22.4 Å². The molecule has 0 aliphatic carbocycles. The third-order valence-electron chi connectivity index (χ3n) is 7.12. The summed E-state index contributed by atoms with van der Waals surface area (Å²) in [7, 11) is 1.60. The maximum atomic E-state index is 13.5. The van der Waals surface area contributed by atoms with Gasteiger partial charge >= 0.3 is 0 Å². The van der Waals surface area contributed by atoms with Crippen molar-refractivity contribution in [3.05, 3.63) is 127 Å². The monoisotopic (exact) mass is 605 g/mol. The van der Waals surface area contributed by atoms with Crippen molar-refractivity contribution in [2.24, 2.45) is 5.92 Å². The fourth-order valence-corrected chi connectivity index (χ4v) is 5.58. The number of nitrogens with zero attached hydrogens (tertiary/aromatic N) is 5. The molecular weight excluding hydrogens is 574 g/mol. The van der Waals surface area contributed by atoms with Gasteiger partial charge in [-0.15, -0.1) is 0 Å². The van der Waals surface area contributed by atoms with Crippen molar-refractivity contribution < 1.29 is 9.47 Å². The van der Waals surface area contributed by atoms with Crippen molar-refractivity contribution in [3.8, 4) is 28.4 Å². The highest BCUT2D eigenvalue weighted by atomic mass is 32.1. The van der Waals surface area contributed by atoms with Crippen molar-refractivity contribution in [2.75, 3.05) is 13.7 Å². The van der Waals surface area contributed by atoms with Crippen LogP contribution in [-0.2, 0) is 6.42 Å². The first kappa shape index (κ1) is 29.0. The molecular formula is C34H31N5O4S. The molecule has 9 nitrogen and oxygen atoms in total. The molecule has 3 aromatic carbocycles. The summed E-state index contributed by atoms with van der Waals surface area (Å²) >= 11 is 1.12. The van der Waals surface area contributed by atoms with Gasteiger partial charge in [0.1, 0.15) is 22.9 Å². The molecule has 0 unspecified atom stereocenters. The average Bonchev–Trinajstić information content (AvgIpc) is 3.59. The number of benzene rings is 3. The number of para-hydroxylation sites is 1. The Kier molecular flexibility index (Phi) is 8.33. The number of thiazole rings is 1. The molecule has 3 aromatic heterocycles. The summed E-state index contributed by atoms with van der Waals surface area (Å²) in [6.45, 7) is 5.00. The third kappa shape index (κ3) is 6.30. The molecule has 6 aromatic rings. The molecule has 44 heavy (non-hydrogen) atoms. The Morgan fingerprint density at radius 1 is 0.909 bits per heavy atom. The average molecular weight is 606 g/mol. The van der Waals surface area contributed by atoms with Crippen LogP contribution in [0.4, 0.5) is 0 Å². The van der Waals surface area contributed by atoms with E-state index >= 15 is 0 Å². The van der Waals surface area contributed by atoms with Gasteiger partial charge in [-0.1, -0.05) is 55.5 Å². The quantitative estimate of drug-likeness (QED) is 0.218. The zero-order chi connectivity index (χ0) is 30.6. The summed E-state index contributed by atoms with van der Waals surface area (Å²) < 4.78 is 14.5. The van der Waals surface area contributed by atoms with Gasteiger partial charge in [-0.3, -0.25) is 9.59 Å². The normalized spacial score (nSPS) is 11.9. The third-order valence-corrected chi connectivity index (χ3v) is 8.08. The van der Waals surface area contributed by atoms with Crippen LogP contribution >= 0.6 is 11.3 Å². The molecule has 0 amide bonds. The second kappa shape index (κ2) is 12.6. The van der Waals surface area contributed by atoms with Gasteiger partial charge in [-0.05, 0) is 72.5 Å². The van der Waals surface area contributed by atoms with Gasteiger partial charge < -0.3 is 9.47 Å². The molecule has 6 rings (SSSR count). The number of hydrogen-bond acceptors (Lipinski definition) is 8. The van der Waals surface area contributed by atoms with Gasteiger partial charge in [-0.2, -0.15) is 19.7 Å². The number of ether oxygens (including phenoxy) is 2. The van der Waals surface area contributed by atoms with Crippen molar-refractivity contribution in [1.82, 2.24) is 24.4 Å². The number of rotatable bonds is 10. The second-order valence-electron chi connectivity index (χ2n) is 10.8. The van der Waals surface area contributed by atoms with Crippen LogP contribution in [0.25, 0.3) is 28.0 Å². The van der Waals surface area contributed by atoms with Crippen LogP contribution in [0.3, 0.4) is 0 Å². The summed E-state index contributed by atoms with van der Waals surface area (Å²) in [6, 6.07) is 24.9. The fourth-order valence-electron chi connectivity index (χ4n) is 4.68. The number of methoxy groups -OCH3 is 1. The maximum Gasteiger partial charge on any atom is 0.296 e. The summed E-state index contributed by atoms with van der Waals surface area (Å²) in [6.07, 6.45) is 4.90. The molecule has 10 heteroatoms. The second-order valence-corrected chi connectivity index (χ2v) is 11.8. The first-order valence-corrected chi connectivity index (χ1v) is 15.2. The number of hydrogen-bond donors (Lipinski definition) is 0. The molecule has 0 saturated carbocycles. The first-order chi connectivity index (χ1) is 21.4. The van der Waals surface area contributed by atoms with E-state index in [2.05, 4.69) is 23.9 Å². The highest BCUT2D eigenvalue weighted by Crippen LogP contribution is 2.27. The minimum atomic E-state index is -0.457. The Bertz CT molecular complexity index is 2070. The zero-order valence-corrected chi connectivity index (χ0v) is 25.5. The van der Waals surface area contributed by atoms with E-state index in [0.717, 1.165) is 45.9 Å². The van der Waals surface area contributed by atoms with Gasteiger partial charge in [-0.25, -0.2) is 4.68 Å². The molecule has 0 aliphatic heterocycles. The highest BCUT2D eigenvalue weighted by Gasteiger charge is 2.15. The van der Waals surface area contributed by atoms with E-state index in [9.17, 15) is 9.59 Å². The van der Waals surface area contributed by atoms with Crippen molar-refractivity contribution in [3.63, 3.8) is 0 Å². The van der Waals surface area contributed by atoms with Crippen LogP contribution in [0.2, 0.25) is 0 Å². The van der Waals surface area contributed by atoms with Crippen LogP contribution in [0.5, 0.6) is 11.5 Å². The zero-order valence-electron chi connectivity index (χ0n) is 24.6. The number of fused-ring (bicyclic) bond motifs is 1. The van der Waals surface area contributed by atoms with Crippen molar-refractivity contribution in [1.29, 1.82) is 0 Å². The SMILES string of the molecule is COc1ccc(Cc2nn3c(=O)/c(=C/c4cn(-c5ccccc5)nc4-c4ccc(OCCC(C)C)cc4)sc3nc2=O)cc1. The Morgan fingerprint density at radius 2 is 1.64 bits per heavy atom. The lowest BCUT2D eigenvalue weighted by atomic mass is 10.1. The topological polar surface area (TPSA) is 101 Å². The summed E-state index contributed by atoms with van der Waals surface area (Å²) in [5.74, 6) is 2.08. The van der Waals surface area contributed by atoms with Gasteiger partial charge in [0.15, 0.2) is 0 Å². The van der Waals surface area contributed by atoms with Crippen LogP contribution in [0.15, 0.2) is 94.6 Å². The predicted molar refractivity (Wildman–Crippen MR) is 172 cm³/mol. The summed E-state index contributed by atoms with van der Waals surface area (Å²) in [5, 5.41) is 9.29. The van der Waals surface area contributed by atoms with Crippen LogP contribution in [-0.4, -0.2) is 38.1 Å². The van der Waals surface area contributed by atoms with Gasteiger partial charge in [0.05, 0.1) is 23.9 Å². The Balaban J connectivity index is 1.38. The Morgan fingerprint density at radius 3 is 2.34 bits per heavy atom. The maximum absolute atomic E-state index is 13.5. The Hall–Kier alpha value is -5.09. The van der Waals surface area contributed by atoms with Crippen LogP contribution in [0, 0.1) is 5.92 Å². The van der Waals surface area contributed by atoms with Crippen molar-refractivity contribution in [2.45, 2.75) is 26.7 Å². The lowest BCUT2D eigenvalue weighted by Crippen LogP contribution is -2.28. The Labute approximate surface area is 257 Å². The molecule has 0 saturated heterocycles. The minimum absolute atomic E-state index is 0.197. The molecule has 3 heterocycles. The van der Waals surface area contributed by atoms with E-state index in [1.807, 2.05) is 85.1 Å². The van der Waals surface area contributed by atoms with Gasteiger partial charge in [0.2, 0.25) is 4.96 Å². The summed E-state index contributed by atoms with van der Waals surface area (Å²) in [4.78, 5) is 30.8. The molecule has 0 aliphatic rings. The fraction of sp³-hybridized carbons (Fsp3) is 0.206. The van der Waals surface area contributed by atoms with E-state index in [1.54, 1.807) is 17.9 Å². The van der Waals surface area contributed by atoms with E-state index in [1.165, 1.54) is 4.52 Å². The van der Waals surface area contributed by atoms with E-state index in [4.69, 9.17) is 14.6 Å². The van der Waals surface area contributed by atoms with Gasteiger partial charge in [0, 0.05) is 23.7 Å². The molecule has 0 radical (unpaired) electrons. The molecule has 0 spiro atoms. The lowest BCUT2D eigenvalue weighted by Gasteiger charge is -2.08. The predicted octanol–water partition coefficient (Wildman–Crippen LogP) is 4.94. The molecule has 0 fully saturated rings. The number of aromatic nitrogens is 5. The molecule has 0 atom stereocenters. The standard InChI is InChI=1S/C34H31N5O4S/c1-22(2)17-18-43-28-15-11-24(12-16-28)31-25(21-38(37-31)26-7-5-4-6-8-26)20-30-33(41)39-34(44-30)35-32(40)29(36-39)19-23-9-13-27(42-3)14-10-23/h4-16,20-22H,17-19H2,1-3H3/b30-20-. The van der Waals surface area contributed by atoms with E-state index in [-0.39, 0.29) is 22.6 Å². The molecule has 222 valence electrons. The van der Waals surface area contributed by atoms with Crippen LogP contribution in [0.1, 0.15) is 37.1 Å². The first-order valence-electron chi connectivity index (χ1n) is 14.3. The van der Waals surface area contributed by atoms with Gasteiger partial charge in [0.25, 0.3) is 11.1 Å². The van der Waals surface area contributed by atoms with E-state index < -0.39 is 5.56 Å².